The fourth-order valence-electron chi connectivity index (χ4n) is 0.708. The zero-order valence-corrected chi connectivity index (χ0v) is 7.47. The van der Waals surface area contributed by atoms with Crippen molar-refractivity contribution in [2.45, 2.75) is 6.92 Å². The second-order valence-corrected chi connectivity index (χ2v) is 3.13. The predicted molar refractivity (Wildman–Crippen MR) is 48.4 cm³/mol. The van der Waals surface area contributed by atoms with Crippen LogP contribution in [0.15, 0.2) is 18.2 Å². The first-order valence-corrected chi connectivity index (χ1v) is 3.87. The number of rotatable bonds is 0. The highest BCUT2D eigenvalue weighted by molar-refractivity contribution is 14.1. The van der Waals surface area contributed by atoms with Gasteiger partial charge in [-0.1, -0.05) is 18.2 Å². The van der Waals surface area contributed by atoms with E-state index in [-0.39, 0.29) is 0 Å². The van der Waals surface area contributed by atoms with Gasteiger partial charge < -0.3 is 0 Å². The van der Waals surface area contributed by atoms with Gasteiger partial charge in [0.15, 0.2) is 0 Å². The van der Waals surface area contributed by atoms with Gasteiger partial charge in [0.25, 0.3) is 0 Å². The molecule has 1 aromatic rings. The van der Waals surface area contributed by atoms with Gasteiger partial charge in [0.05, 0.1) is 0 Å². The molecule has 0 saturated carbocycles. The third-order valence-corrected chi connectivity index (χ3v) is 2.82. The molecule has 0 saturated heterocycles. The lowest BCUT2D eigenvalue weighted by atomic mass is 10.2. The molecule has 0 aliphatic rings. The number of hydrogen-bond donors (Lipinski definition) is 0. The van der Waals surface area contributed by atoms with Crippen LogP contribution in [0.3, 0.4) is 0 Å². The molecule has 0 spiro atoms. The molecule has 0 aliphatic heterocycles. The molecule has 0 N–H and O–H groups in total. The predicted octanol–water partition coefficient (Wildman–Crippen LogP) is 2.78. The Hall–Kier alpha value is -0.0500. The topological polar surface area (TPSA) is 0 Å². The van der Waals surface area contributed by atoms with E-state index in [1.807, 2.05) is 12.1 Å². The Bertz CT molecular complexity index is 196. The van der Waals surface area contributed by atoms with Gasteiger partial charge in [-0.3, -0.25) is 0 Å². The molecule has 1 heteroatoms. The van der Waals surface area contributed by atoms with Crippen molar-refractivity contribution in [2.75, 3.05) is 0 Å². The van der Waals surface area contributed by atoms with Gasteiger partial charge in [-0.25, -0.2) is 0 Å². The van der Waals surface area contributed by atoms with Crippen LogP contribution in [0, 0.1) is 17.4 Å². The summed E-state index contributed by atoms with van der Waals surface area (Å²) in [5.41, 5.74) is 2.43. The van der Waals surface area contributed by atoms with E-state index in [1.165, 1.54) is 9.13 Å². The van der Waals surface area contributed by atoms with E-state index in [0.717, 1.165) is 5.56 Å². The molecule has 0 aromatic heterocycles. The van der Waals surface area contributed by atoms with E-state index in [9.17, 15) is 0 Å². The van der Waals surface area contributed by atoms with Crippen LogP contribution in [0.2, 0.25) is 0 Å². The average Bonchev–Trinajstić information content (AvgIpc) is 1.83. The average molecular weight is 231 g/mol. The summed E-state index contributed by atoms with van der Waals surface area (Å²) in [5.74, 6) is 0. The van der Waals surface area contributed by atoms with E-state index in [0.29, 0.717) is 0 Å². The molecule has 0 bridgehead atoms. The molecular formula is C8H8I. The lowest BCUT2D eigenvalue weighted by Gasteiger charge is -1.98. The SMILES string of the molecule is [CH2]c1cccc(C)c1I. The molecular weight excluding hydrogens is 223 g/mol. The summed E-state index contributed by atoms with van der Waals surface area (Å²) in [6, 6.07) is 6.14. The molecule has 47 valence electrons. The zero-order valence-electron chi connectivity index (χ0n) is 5.32. The normalized spacial score (nSPS) is 9.67. The fourth-order valence-corrected chi connectivity index (χ4v) is 1.07. The zero-order chi connectivity index (χ0) is 6.85. The molecule has 9 heavy (non-hydrogen) atoms. The number of halogens is 1. The largest absolute Gasteiger partial charge is 0.0617 e. The Balaban J connectivity index is 3.25. The Kier molecular flexibility index (Phi) is 2.11. The van der Waals surface area contributed by atoms with Crippen molar-refractivity contribution in [1.29, 1.82) is 0 Å². The maximum atomic E-state index is 3.87. The molecule has 0 aliphatic carbocycles. The van der Waals surface area contributed by atoms with Crippen molar-refractivity contribution < 1.29 is 0 Å². The van der Waals surface area contributed by atoms with Crippen LogP contribution in [-0.2, 0) is 0 Å². The summed E-state index contributed by atoms with van der Waals surface area (Å²) in [6.45, 7) is 5.97. The lowest BCUT2D eigenvalue weighted by molar-refractivity contribution is 1.40. The quantitative estimate of drug-likeness (QED) is 0.602. The van der Waals surface area contributed by atoms with Crippen molar-refractivity contribution in [3.05, 3.63) is 39.8 Å². The van der Waals surface area contributed by atoms with Gasteiger partial charge in [0.1, 0.15) is 0 Å². The highest BCUT2D eigenvalue weighted by Gasteiger charge is 1.93. The summed E-state index contributed by atoms with van der Waals surface area (Å²) in [4.78, 5) is 0. The molecule has 0 fully saturated rings. The summed E-state index contributed by atoms with van der Waals surface area (Å²) in [7, 11) is 0. The second-order valence-electron chi connectivity index (χ2n) is 2.05. The highest BCUT2D eigenvalue weighted by atomic mass is 127. The maximum absolute atomic E-state index is 3.87. The van der Waals surface area contributed by atoms with Crippen molar-refractivity contribution in [3.63, 3.8) is 0 Å². The fraction of sp³-hybridized carbons (Fsp3) is 0.125. The Morgan fingerprint density at radius 2 is 2.11 bits per heavy atom. The van der Waals surface area contributed by atoms with Crippen molar-refractivity contribution in [3.8, 4) is 0 Å². The number of aryl methyl sites for hydroxylation is 1. The van der Waals surface area contributed by atoms with Gasteiger partial charge in [0.2, 0.25) is 0 Å². The van der Waals surface area contributed by atoms with E-state index in [1.54, 1.807) is 0 Å². The monoisotopic (exact) mass is 231 g/mol. The first kappa shape index (κ1) is 7.06. The van der Waals surface area contributed by atoms with Crippen LogP contribution in [-0.4, -0.2) is 0 Å². The van der Waals surface area contributed by atoms with Gasteiger partial charge in [-0.2, -0.15) is 0 Å². The third kappa shape index (κ3) is 1.45. The lowest BCUT2D eigenvalue weighted by Crippen LogP contribution is -1.82. The van der Waals surface area contributed by atoms with Crippen LogP contribution in [0.1, 0.15) is 11.1 Å². The van der Waals surface area contributed by atoms with E-state index >= 15 is 0 Å². The van der Waals surface area contributed by atoms with Crippen molar-refractivity contribution in [1.82, 2.24) is 0 Å². The Labute approximate surface area is 69.4 Å². The standard InChI is InChI=1S/C8H8I/c1-6-4-3-5-7(2)8(6)9/h3-5H,1H2,2H3. The van der Waals surface area contributed by atoms with Crippen molar-refractivity contribution in [2.24, 2.45) is 0 Å². The minimum atomic E-state index is 1.12. The maximum Gasteiger partial charge on any atom is 0.0191 e. The van der Waals surface area contributed by atoms with Gasteiger partial charge in [0, 0.05) is 3.57 Å². The van der Waals surface area contributed by atoms with E-state index in [4.69, 9.17) is 0 Å². The Morgan fingerprint density at radius 1 is 1.44 bits per heavy atom. The number of hydrogen-bond acceptors (Lipinski definition) is 0. The molecule has 1 rings (SSSR count). The van der Waals surface area contributed by atoms with Gasteiger partial charge in [-0.15, -0.1) is 0 Å². The van der Waals surface area contributed by atoms with Crippen LogP contribution in [0.25, 0.3) is 0 Å². The summed E-state index contributed by atoms with van der Waals surface area (Å²) in [5, 5.41) is 0. The first-order chi connectivity index (χ1) is 4.22. The molecule has 0 unspecified atom stereocenters. The highest BCUT2D eigenvalue weighted by Crippen LogP contribution is 2.14. The van der Waals surface area contributed by atoms with Crippen molar-refractivity contribution >= 4 is 22.6 Å². The van der Waals surface area contributed by atoms with Crippen LogP contribution in [0.5, 0.6) is 0 Å². The second kappa shape index (κ2) is 2.69. The summed E-state index contributed by atoms with van der Waals surface area (Å²) in [6.07, 6.45) is 0. The number of benzene rings is 1. The molecule has 0 nitrogen and oxygen atoms in total. The van der Waals surface area contributed by atoms with Gasteiger partial charge in [-0.05, 0) is 47.6 Å². The molecule has 1 radical (unpaired) electrons. The molecule has 0 amide bonds. The van der Waals surface area contributed by atoms with E-state index < -0.39 is 0 Å². The Morgan fingerprint density at radius 3 is 2.56 bits per heavy atom. The summed E-state index contributed by atoms with van der Waals surface area (Å²) >= 11 is 2.31. The molecule has 0 heterocycles. The van der Waals surface area contributed by atoms with Crippen LogP contribution in [0.4, 0.5) is 0 Å². The molecule has 1 aromatic carbocycles. The summed E-state index contributed by atoms with van der Waals surface area (Å²) < 4.78 is 1.27. The van der Waals surface area contributed by atoms with E-state index in [2.05, 4.69) is 42.5 Å². The van der Waals surface area contributed by atoms with Crippen LogP contribution < -0.4 is 0 Å². The third-order valence-electron chi connectivity index (χ3n) is 1.27. The van der Waals surface area contributed by atoms with Gasteiger partial charge >= 0.3 is 0 Å². The van der Waals surface area contributed by atoms with Crippen LogP contribution >= 0.6 is 22.6 Å². The minimum absolute atomic E-state index is 1.12. The smallest absolute Gasteiger partial charge is 0.0191 e. The molecule has 0 atom stereocenters. The first-order valence-electron chi connectivity index (χ1n) is 2.79. The minimum Gasteiger partial charge on any atom is -0.0617 e.